The maximum absolute atomic E-state index is 12.3. The van der Waals surface area contributed by atoms with Crippen LogP contribution in [0.3, 0.4) is 0 Å². The van der Waals surface area contributed by atoms with Crippen molar-refractivity contribution in [1.29, 1.82) is 0 Å². The van der Waals surface area contributed by atoms with Crippen LogP contribution in [0, 0.1) is 0 Å². The largest absolute Gasteiger partial charge is 0.264 e. The minimum absolute atomic E-state index is 0.0505. The van der Waals surface area contributed by atoms with Crippen molar-refractivity contribution in [3.05, 3.63) is 42.4 Å². The molecule has 14 heavy (non-hydrogen) atoms. The van der Waals surface area contributed by atoms with Crippen molar-refractivity contribution in [1.82, 2.24) is 14.8 Å². The van der Waals surface area contributed by atoms with Crippen molar-refractivity contribution in [3.63, 3.8) is 0 Å². The summed E-state index contributed by atoms with van der Waals surface area (Å²) in [6.07, 6.45) is 2.08. The molecule has 2 aromatic heterocycles. The van der Waals surface area contributed by atoms with E-state index in [2.05, 4.69) is 10.1 Å². The molecule has 2 heterocycles. The quantitative estimate of drug-likeness (QED) is 0.735. The van der Waals surface area contributed by atoms with Gasteiger partial charge in [-0.3, -0.25) is 0 Å². The molecule has 0 unspecified atom stereocenters. The summed E-state index contributed by atoms with van der Waals surface area (Å²) in [5.74, 6) is 0.396. The number of aromatic nitrogens is 3. The molecule has 0 aliphatic heterocycles. The Hall–Kier alpha value is -1.78. The molecule has 0 saturated carbocycles. The minimum atomic E-state index is -2.48. The summed E-state index contributed by atoms with van der Waals surface area (Å²) in [6, 6.07) is 4.31. The summed E-state index contributed by atoms with van der Waals surface area (Å²) in [6.45, 7) is 0. The zero-order chi connectivity index (χ0) is 9.97. The Balaban J connectivity index is 2.41. The van der Waals surface area contributed by atoms with Crippen molar-refractivity contribution >= 4 is 0 Å². The molecule has 2 aromatic rings. The molecule has 0 amide bonds. The number of rotatable bonds is 2. The summed E-state index contributed by atoms with van der Waals surface area (Å²) < 4.78 is 26.1. The van der Waals surface area contributed by atoms with E-state index in [-0.39, 0.29) is 5.56 Å². The molecular weight excluding hydrogens is 188 g/mol. The summed E-state index contributed by atoms with van der Waals surface area (Å²) in [7, 11) is 0. The highest BCUT2D eigenvalue weighted by molar-refractivity contribution is 5.27. The average Bonchev–Trinajstić information content (AvgIpc) is 2.71. The van der Waals surface area contributed by atoms with Crippen LogP contribution in [0.25, 0.3) is 5.82 Å². The monoisotopic (exact) mass is 195 g/mol. The molecule has 0 fully saturated rings. The molecule has 2 rings (SSSR count). The predicted molar refractivity (Wildman–Crippen MR) is 46.3 cm³/mol. The molecule has 0 bridgehead atoms. The van der Waals surface area contributed by atoms with Crippen LogP contribution in [0.5, 0.6) is 0 Å². The first-order valence-corrected chi connectivity index (χ1v) is 4.01. The van der Waals surface area contributed by atoms with Gasteiger partial charge in [-0.25, -0.2) is 18.4 Å². The molecule has 0 saturated heterocycles. The van der Waals surface area contributed by atoms with Gasteiger partial charge in [-0.05, 0) is 18.2 Å². The summed E-state index contributed by atoms with van der Waals surface area (Å²) in [5.41, 5.74) is -0.0505. The molecule has 0 N–H and O–H groups in total. The number of pyridine rings is 1. The third-order valence-electron chi connectivity index (χ3n) is 1.76. The molecule has 0 aliphatic carbocycles. The Morgan fingerprint density at radius 2 is 2.14 bits per heavy atom. The van der Waals surface area contributed by atoms with Crippen LogP contribution in [-0.4, -0.2) is 14.8 Å². The van der Waals surface area contributed by atoms with Crippen LogP contribution in [0.15, 0.2) is 36.8 Å². The van der Waals surface area contributed by atoms with Gasteiger partial charge in [0, 0.05) is 24.2 Å². The second-order valence-electron chi connectivity index (χ2n) is 2.70. The summed E-state index contributed by atoms with van der Waals surface area (Å²) in [5, 5.41) is 3.90. The van der Waals surface area contributed by atoms with Gasteiger partial charge >= 0.3 is 0 Å². The first-order valence-electron chi connectivity index (χ1n) is 4.01. The molecule has 0 atom stereocenters. The molecule has 3 nitrogen and oxygen atoms in total. The molecule has 0 aromatic carbocycles. The highest BCUT2D eigenvalue weighted by Crippen LogP contribution is 2.19. The number of hydrogen-bond acceptors (Lipinski definition) is 2. The van der Waals surface area contributed by atoms with Gasteiger partial charge in [-0.15, -0.1) is 0 Å². The fraction of sp³-hybridized carbons (Fsp3) is 0.111. The average molecular weight is 195 g/mol. The van der Waals surface area contributed by atoms with E-state index in [1.807, 2.05) is 0 Å². The Morgan fingerprint density at radius 3 is 2.79 bits per heavy atom. The Bertz CT molecular complexity index is 412. The van der Waals surface area contributed by atoms with Crippen LogP contribution >= 0.6 is 0 Å². The Labute approximate surface area is 79.0 Å². The molecule has 72 valence electrons. The zero-order valence-corrected chi connectivity index (χ0v) is 7.14. The number of halogens is 2. The lowest BCUT2D eigenvalue weighted by atomic mass is 10.3. The van der Waals surface area contributed by atoms with Crippen LogP contribution < -0.4 is 0 Å². The van der Waals surface area contributed by atoms with Gasteiger partial charge in [0.25, 0.3) is 6.43 Å². The minimum Gasteiger partial charge on any atom is -0.237 e. The fourth-order valence-corrected chi connectivity index (χ4v) is 1.10. The van der Waals surface area contributed by atoms with Crippen molar-refractivity contribution < 1.29 is 8.78 Å². The normalized spacial score (nSPS) is 10.8. The highest BCUT2D eigenvalue weighted by atomic mass is 19.3. The topological polar surface area (TPSA) is 30.7 Å². The lowest BCUT2D eigenvalue weighted by molar-refractivity contribution is 0.151. The lowest BCUT2D eigenvalue weighted by Gasteiger charge is -2.02. The number of hydrogen-bond donors (Lipinski definition) is 0. The zero-order valence-electron chi connectivity index (χ0n) is 7.14. The predicted octanol–water partition coefficient (Wildman–Crippen LogP) is 2.20. The summed E-state index contributed by atoms with van der Waals surface area (Å²) in [4.78, 5) is 3.93. The molecule has 5 heteroatoms. The van der Waals surface area contributed by atoms with Gasteiger partial charge < -0.3 is 0 Å². The van der Waals surface area contributed by atoms with Gasteiger partial charge in [0.15, 0.2) is 5.82 Å². The fourth-order valence-electron chi connectivity index (χ4n) is 1.10. The first kappa shape index (κ1) is 8.80. The second kappa shape index (κ2) is 3.53. The van der Waals surface area contributed by atoms with Crippen LogP contribution in [-0.2, 0) is 0 Å². The van der Waals surface area contributed by atoms with E-state index in [1.54, 1.807) is 18.5 Å². The van der Waals surface area contributed by atoms with Crippen molar-refractivity contribution in [2.45, 2.75) is 6.43 Å². The standard InChI is InChI=1S/C9H7F2N3/c10-9(11)7-2-4-12-8(6-7)14-5-1-3-13-14/h1-6,9H. The van der Waals surface area contributed by atoms with Gasteiger partial charge in [0.2, 0.25) is 0 Å². The van der Waals surface area contributed by atoms with Crippen LogP contribution in [0.2, 0.25) is 0 Å². The van der Waals surface area contributed by atoms with Gasteiger partial charge in [-0.1, -0.05) is 0 Å². The van der Waals surface area contributed by atoms with E-state index in [9.17, 15) is 8.78 Å². The van der Waals surface area contributed by atoms with E-state index < -0.39 is 6.43 Å². The van der Waals surface area contributed by atoms with Crippen LogP contribution in [0.1, 0.15) is 12.0 Å². The molecule has 0 radical (unpaired) electrons. The van der Waals surface area contributed by atoms with Crippen molar-refractivity contribution in [2.24, 2.45) is 0 Å². The number of nitrogens with zero attached hydrogens (tertiary/aromatic N) is 3. The Morgan fingerprint density at radius 1 is 1.29 bits per heavy atom. The summed E-state index contributed by atoms with van der Waals surface area (Å²) >= 11 is 0. The maximum Gasteiger partial charge on any atom is 0.264 e. The number of alkyl halides is 2. The van der Waals surface area contributed by atoms with E-state index >= 15 is 0 Å². The molecule has 0 aliphatic rings. The first-order chi connectivity index (χ1) is 6.77. The van der Waals surface area contributed by atoms with Crippen molar-refractivity contribution in [3.8, 4) is 5.82 Å². The van der Waals surface area contributed by atoms with E-state index in [4.69, 9.17) is 0 Å². The van der Waals surface area contributed by atoms with E-state index in [0.717, 1.165) is 0 Å². The van der Waals surface area contributed by atoms with E-state index in [1.165, 1.54) is 23.0 Å². The highest BCUT2D eigenvalue weighted by Gasteiger charge is 2.08. The molecule has 0 spiro atoms. The lowest BCUT2D eigenvalue weighted by Crippen LogP contribution is -1.98. The van der Waals surface area contributed by atoms with Gasteiger partial charge in [-0.2, -0.15) is 5.10 Å². The smallest absolute Gasteiger partial charge is 0.237 e. The third-order valence-corrected chi connectivity index (χ3v) is 1.76. The Kier molecular flexibility index (Phi) is 2.22. The maximum atomic E-state index is 12.3. The third kappa shape index (κ3) is 1.61. The van der Waals surface area contributed by atoms with Crippen molar-refractivity contribution in [2.75, 3.05) is 0 Å². The second-order valence-corrected chi connectivity index (χ2v) is 2.70. The van der Waals surface area contributed by atoms with E-state index in [0.29, 0.717) is 5.82 Å². The molecular formula is C9H7F2N3. The van der Waals surface area contributed by atoms with Crippen LogP contribution in [0.4, 0.5) is 8.78 Å². The van der Waals surface area contributed by atoms with Gasteiger partial charge in [0.1, 0.15) is 0 Å². The van der Waals surface area contributed by atoms with Gasteiger partial charge in [0.05, 0.1) is 0 Å². The SMILES string of the molecule is FC(F)c1ccnc(-n2cccn2)c1.